The predicted octanol–water partition coefficient (Wildman–Crippen LogP) is 2.20. The van der Waals surface area contributed by atoms with Gasteiger partial charge >= 0.3 is 0 Å². The van der Waals surface area contributed by atoms with Gasteiger partial charge in [-0.2, -0.15) is 5.26 Å². The third-order valence-corrected chi connectivity index (χ3v) is 2.59. The summed E-state index contributed by atoms with van der Waals surface area (Å²) in [6, 6.07) is 8.95. The largest absolute Gasteiger partial charge is 0.482 e. The summed E-state index contributed by atoms with van der Waals surface area (Å²) in [5.74, 6) is 0.410. The lowest BCUT2D eigenvalue weighted by molar-refractivity contribution is -0.133. The van der Waals surface area contributed by atoms with Crippen molar-refractivity contribution >= 4 is 5.91 Å². The molecule has 0 aliphatic carbocycles. The molecule has 0 fully saturated rings. The second kappa shape index (κ2) is 7.33. The molecule has 0 spiro atoms. The molecule has 96 valence electrons. The van der Waals surface area contributed by atoms with E-state index >= 15 is 0 Å². The Balaban J connectivity index is 2.59. The highest BCUT2D eigenvalue weighted by Gasteiger charge is 2.12. The molecule has 1 aromatic rings. The van der Waals surface area contributed by atoms with Crippen molar-refractivity contribution in [3.05, 3.63) is 29.8 Å². The second-order valence-corrected chi connectivity index (χ2v) is 3.87. The summed E-state index contributed by atoms with van der Waals surface area (Å²) in [5, 5.41) is 8.90. The summed E-state index contributed by atoms with van der Waals surface area (Å²) in [4.78, 5) is 13.6. The molecule has 4 heteroatoms. The van der Waals surface area contributed by atoms with Crippen molar-refractivity contribution in [1.29, 1.82) is 5.26 Å². The van der Waals surface area contributed by atoms with Crippen molar-refractivity contribution < 1.29 is 9.53 Å². The number of nitriles is 1. The Hall–Kier alpha value is -2.02. The van der Waals surface area contributed by atoms with Crippen LogP contribution in [0.15, 0.2) is 24.3 Å². The van der Waals surface area contributed by atoms with Crippen LogP contribution in [-0.2, 0) is 4.79 Å². The Bertz CT molecular complexity index is 438. The van der Waals surface area contributed by atoms with Crippen molar-refractivity contribution in [3.63, 3.8) is 0 Å². The van der Waals surface area contributed by atoms with Gasteiger partial charge in [-0.1, -0.05) is 19.1 Å². The molecule has 0 aliphatic rings. The molecule has 0 N–H and O–H groups in total. The van der Waals surface area contributed by atoms with Crippen LogP contribution in [0.1, 0.15) is 25.8 Å². The Morgan fingerprint density at radius 2 is 2.11 bits per heavy atom. The van der Waals surface area contributed by atoms with Crippen molar-refractivity contribution in [2.45, 2.75) is 20.3 Å². The predicted molar refractivity (Wildman–Crippen MR) is 69.2 cm³/mol. The van der Waals surface area contributed by atoms with E-state index < -0.39 is 0 Å². The molecule has 0 atom stereocenters. The van der Waals surface area contributed by atoms with E-state index in [1.165, 1.54) is 0 Å². The van der Waals surface area contributed by atoms with Crippen molar-refractivity contribution in [1.82, 2.24) is 4.90 Å². The van der Waals surface area contributed by atoms with Gasteiger partial charge in [-0.15, -0.1) is 0 Å². The summed E-state index contributed by atoms with van der Waals surface area (Å²) in [7, 11) is 0. The Morgan fingerprint density at radius 3 is 2.72 bits per heavy atom. The summed E-state index contributed by atoms with van der Waals surface area (Å²) in [6.45, 7) is 5.36. The first-order valence-corrected chi connectivity index (χ1v) is 6.12. The smallest absolute Gasteiger partial charge is 0.260 e. The zero-order valence-electron chi connectivity index (χ0n) is 10.8. The van der Waals surface area contributed by atoms with Crippen LogP contribution in [0.2, 0.25) is 0 Å². The molecule has 0 saturated carbocycles. The van der Waals surface area contributed by atoms with E-state index in [0.717, 1.165) is 13.0 Å². The summed E-state index contributed by atoms with van der Waals surface area (Å²) in [5.41, 5.74) is 0.448. The summed E-state index contributed by atoms with van der Waals surface area (Å²) >= 11 is 0. The van der Waals surface area contributed by atoms with Crippen LogP contribution in [0.4, 0.5) is 0 Å². The summed E-state index contributed by atoms with van der Waals surface area (Å²) in [6.07, 6.45) is 0.925. The molecular weight excluding hydrogens is 228 g/mol. The normalized spacial score (nSPS) is 9.61. The molecular formula is C14H18N2O2. The van der Waals surface area contributed by atoms with Gasteiger partial charge in [0.1, 0.15) is 11.8 Å². The molecule has 18 heavy (non-hydrogen) atoms. The van der Waals surface area contributed by atoms with E-state index in [1.807, 2.05) is 19.9 Å². The van der Waals surface area contributed by atoms with Crippen LogP contribution in [0, 0.1) is 11.3 Å². The van der Waals surface area contributed by atoms with Gasteiger partial charge in [0, 0.05) is 13.1 Å². The van der Waals surface area contributed by atoms with E-state index in [1.54, 1.807) is 29.2 Å². The number of carbonyl (C=O) groups is 1. The Kier molecular flexibility index (Phi) is 5.72. The van der Waals surface area contributed by atoms with E-state index in [9.17, 15) is 4.79 Å². The molecule has 0 radical (unpaired) electrons. The maximum absolute atomic E-state index is 11.9. The lowest BCUT2D eigenvalue weighted by Crippen LogP contribution is -2.35. The highest BCUT2D eigenvalue weighted by atomic mass is 16.5. The van der Waals surface area contributed by atoms with Gasteiger partial charge in [-0.3, -0.25) is 4.79 Å². The minimum atomic E-state index is -0.0490. The molecule has 1 aromatic carbocycles. The first kappa shape index (κ1) is 14.0. The highest BCUT2D eigenvalue weighted by molar-refractivity contribution is 5.77. The van der Waals surface area contributed by atoms with Gasteiger partial charge in [-0.25, -0.2) is 0 Å². The SMILES string of the molecule is CCCN(CC)C(=O)COc1ccccc1C#N. The number of nitrogens with zero attached hydrogens (tertiary/aromatic N) is 2. The molecule has 0 heterocycles. The topological polar surface area (TPSA) is 53.3 Å². The van der Waals surface area contributed by atoms with E-state index in [-0.39, 0.29) is 12.5 Å². The standard InChI is InChI=1S/C14H18N2O2/c1-3-9-16(4-2)14(17)11-18-13-8-6-5-7-12(13)10-15/h5-8H,3-4,9,11H2,1-2H3. The highest BCUT2D eigenvalue weighted by Crippen LogP contribution is 2.16. The molecule has 0 aliphatic heterocycles. The first-order chi connectivity index (χ1) is 8.72. The number of carbonyl (C=O) groups excluding carboxylic acids is 1. The Labute approximate surface area is 108 Å². The number of hydrogen-bond acceptors (Lipinski definition) is 3. The number of para-hydroxylation sites is 1. The van der Waals surface area contributed by atoms with Crippen LogP contribution in [0.3, 0.4) is 0 Å². The van der Waals surface area contributed by atoms with Gasteiger partial charge < -0.3 is 9.64 Å². The van der Waals surface area contributed by atoms with Gasteiger partial charge in [0.25, 0.3) is 5.91 Å². The van der Waals surface area contributed by atoms with Crippen LogP contribution in [0.5, 0.6) is 5.75 Å². The molecule has 0 unspecified atom stereocenters. The Morgan fingerprint density at radius 1 is 1.39 bits per heavy atom. The summed E-state index contributed by atoms with van der Waals surface area (Å²) < 4.78 is 5.41. The second-order valence-electron chi connectivity index (χ2n) is 3.87. The van der Waals surface area contributed by atoms with Gasteiger partial charge in [0.05, 0.1) is 5.56 Å². The molecule has 1 rings (SSSR count). The monoisotopic (exact) mass is 246 g/mol. The van der Waals surface area contributed by atoms with Crippen LogP contribution < -0.4 is 4.74 Å². The van der Waals surface area contributed by atoms with E-state index in [0.29, 0.717) is 17.9 Å². The lowest BCUT2D eigenvalue weighted by Gasteiger charge is -2.20. The fraction of sp³-hybridized carbons (Fsp3) is 0.429. The lowest BCUT2D eigenvalue weighted by atomic mass is 10.2. The number of rotatable bonds is 6. The number of benzene rings is 1. The minimum absolute atomic E-state index is 0.0213. The third kappa shape index (κ3) is 3.77. The van der Waals surface area contributed by atoms with Crippen molar-refractivity contribution in [2.75, 3.05) is 19.7 Å². The van der Waals surface area contributed by atoms with E-state index in [2.05, 4.69) is 0 Å². The van der Waals surface area contributed by atoms with Crippen molar-refractivity contribution in [2.24, 2.45) is 0 Å². The quantitative estimate of drug-likeness (QED) is 0.773. The maximum Gasteiger partial charge on any atom is 0.260 e. The molecule has 1 amide bonds. The minimum Gasteiger partial charge on any atom is -0.482 e. The third-order valence-electron chi connectivity index (χ3n) is 2.59. The molecule has 0 bridgehead atoms. The molecule has 0 aromatic heterocycles. The molecule has 4 nitrogen and oxygen atoms in total. The number of likely N-dealkylation sites (N-methyl/N-ethyl adjacent to an activating group) is 1. The van der Waals surface area contributed by atoms with Crippen LogP contribution >= 0.6 is 0 Å². The number of amides is 1. The zero-order chi connectivity index (χ0) is 13.4. The fourth-order valence-corrected chi connectivity index (χ4v) is 1.64. The van der Waals surface area contributed by atoms with Gasteiger partial charge in [0.15, 0.2) is 6.61 Å². The number of hydrogen-bond donors (Lipinski definition) is 0. The number of ether oxygens (including phenoxy) is 1. The van der Waals surface area contributed by atoms with Crippen LogP contribution in [0.25, 0.3) is 0 Å². The fourth-order valence-electron chi connectivity index (χ4n) is 1.64. The van der Waals surface area contributed by atoms with Gasteiger partial charge in [0.2, 0.25) is 0 Å². The zero-order valence-corrected chi connectivity index (χ0v) is 10.8. The molecule has 0 saturated heterocycles. The maximum atomic E-state index is 11.9. The average molecular weight is 246 g/mol. The van der Waals surface area contributed by atoms with Crippen LogP contribution in [-0.4, -0.2) is 30.5 Å². The van der Waals surface area contributed by atoms with Gasteiger partial charge in [-0.05, 0) is 25.5 Å². The average Bonchev–Trinajstić information content (AvgIpc) is 2.42. The first-order valence-electron chi connectivity index (χ1n) is 6.12. The van der Waals surface area contributed by atoms with E-state index in [4.69, 9.17) is 10.00 Å². The van der Waals surface area contributed by atoms with Crippen molar-refractivity contribution in [3.8, 4) is 11.8 Å².